The predicted octanol–water partition coefficient (Wildman–Crippen LogP) is 2.37. The summed E-state index contributed by atoms with van der Waals surface area (Å²) in [5.74, 6) is -0.334. The summed E-state index contributed by atoms with van der Waals surface area (Å²) in [7, 11) is 0. The van der Waals surface area contributed by atoms with Crippen LogP contribution in [-0.2, 0) is 0 Å². The largest absolute Gasteiger partial charge is 0.366 e. The summed E-state index contributed by atoms with van der Waals surface area (Å²) in [4.78, 5) is 12.1. The van der Waals surface area contributed by atoms with Gasteiger partial charge in [-0.15, -0.1) is 22.7 Å². The second-order valence-electron chi connectivity index (χ2n) is 2.57. The SMILES string of the molecule is Cc1cc2c(C(N)=O)csc2s1. The summed E-state index contributed by atoms with van der Waals surface area (Å²) in [5, 5.41) is 2.83. The highest BCUT2D eigenvalue weighted by molar-refractivity contribution is 7.37. The molecule has 12 heavy (non-hydrogen) atoms. The number of hydrogen-bond acceptors (Lipinski definition) is 3. The Hall–Kier alpha value is -0.870. The molecule has 62 valence electrons. The zero-order valence-corrected chi connectivity index (χ0v) is 8.09. The van der Waals surface area contributed by atoms with E-state index in [0.29, 0.717) is 5.56 Å². The van der Waals surface area contributed by atoms with Gasteiger partial charge >= 0.3 is 0 Å². The van der Waals surface area contributed by atoms with Crippen LogP contribution >= 0.6 is 22.7 Å². The highest BCUT2D eigenvalue weighted by atomic mass is 32.2. The molecule has 0 unspecified atom stereocenters. The van der Waals surface area contributed by atoms with Crippen LogP contribution in [0.3, 0.4) is 0 Å². The Morgan fingerprint density at radius 3 is 3.00 bits per heavy atom. The first kappa shape index (κ1) is 7.76. The van der Waals surface area contributed by atoms with Gasteiger partial charge in [0.15, 0.2) is 0 Å². The maximum atomic E-state index is 10.9. The van der Waals surface area contributed by atoms with Crippen LogP contribution in [0.15, 0.2) is 11.4 Å². The lowest BCUT2D eigenvalue weighted by Gasteiger charge is -1.85. The normalized spacial score (nSPS) is 10.8. The third kappa shape index (κ3) is 1.04. The lowest BCUT2D eigenvalue weighted by atomic mass is 10.2. The Bertz CT molecular complexity index is 441. The Balaban J connectivity index is 2.76. The minimum absolute atomic E-state index is 0.334. The van der Waals surface area contributed by atoms with Gasteiger partial charge in [0.25, 0.3) is 0 Å². The number of carbonyl (C=O) groups excluding carboxylic acids is 1. The standard InChI is InChI=1S/C8H7NOS2/c1-4-2-5-6(7(9)10)3-11-8(5)12-4/h2-3H,1H3,(H2,9,10). The van der Waals surface area contributed by atoms with Gasteiger partial charge in [-0.3, -0.25) is 4.79 Å². The quantitative estimate of drug-likeness (QED) is 0.749. The van der Waals surface area contributed by atoms with Gasteiger partial charge in [-0.2, -0.15) is 0 Å². The number of nitrogens with two attached hydrogens (primary N) is 1. The van der Waals surface area contributed by atoms with Gasteiger partial charge in [0.05, 0.1) is 9.58 Å². The molecule has 2 N–H and O–H groups in total. The molecule has 0 aliphatic rings. The minimum atomic E-state index is -0.334. The summed E-state index contributed by atoms with van der Waals surface area (Å²) >= 11 is 3.28. The first-order chi connectivity index (χ1) is 5.68. The number of hydrogen-bond donors (Lipinski definition) is 1. The first-order valence-corrected chi connectivity index (χ1v) is 5.15. The average Bonchev–Trinajstić information content (AvgIpc) is 2.43. The molecule has 0 saturated heterocycles. The molecule has 0 saturated carbocycles. The van der Waals surface area contributed by atoms with Crippen LogP contribution in [0.4, 0.5) is 0 Å². The molecular formula is C8H7NOS2. The van der Waals surface area contributed by atoms with Crippen molar-refractivity contribution in [3.63, 3.8) is 0 Å². The van der Waals surface area contributed by atoms with Crippen LogP contribution in [0.1, 0.15) is 15.2 Å². The van der Waals surface area contributed by atoms with E-state index >= 15 is 0 Å². The number of primary amides is 1. The lowest BCUT2D eigenvalue weighted by Crippen LogP contribution is -2.09. The smallest absolute Gasteiger partial charge is 0.250 e. The van der Waals surface area contributed by atoms with Crippen LogP contribution in [0.5, 0.6) is 0 Å². The predicted molar refractivity (Wildman–Crippen MR) is 53.0 cm³/mol. The van der Waals surface area contributed by atoms with Crippen molar-refractivity contribution in [2.45, 2.75) is 6.92 Å². The molecule has 0 atom stereocenters. The topological polar surface area (TPSA) is 43.1 Å². The first-order valence-electron chi connectivity index (χ1n) is 3.46. The van der Waals surface area contributed by atoms with Crippen molar-refractivity contribution in [2.75, 3.05) is 0 Å². The molecule has 0 aromatic carbocycles. The summed E-state index contributed by atoms with van der Waals surface area (Å²) < 4.78 is 1.18. The summed E-state index contributed by atoms with van der Waals surface area (Å²) in [6, 6.07) is 2.01. The van der Waals surface area contributed by atoms with Crippen LogP contribution in [0.2, 0.25) is 0 Å². The van der Waals surface area contributed by atoms with E-state index in [1.807, 2.05) is 18.4 Å². The van der Waals surface area contributed by atoms with Gasteiger partial charge in [0.2, 0.25) is 5.91 Å². The molecule has 2 heterocycles. The number of aryl methyl sites for hydroxylation is 1. The maximum absolute atomic E-state index is 10.9. The van der Waals surface area contributed by atoms with E-state index in [9.17, 15) is 4.79 Å². The van der Waals surface area contributed by atoms with Crippen LogP contribution in [-0.4, -0.2) is 5.91 Å². The number of rotatable bonds is 1. The van der Waals surface area contributed by atoms with Crippen molar-refractivity contribution >= 4 is 38.0 Å². The summed E-state index contributed by atoms with van der Waals surface area (Å²) in [5.41, 5.74) is 5.86. The lowest BCUT2D eigenvalue weighted by molar-refractivity contribution is 0.100. The van der Waals surface area contributed by atoms with Gasteiger partial charge in [-0.05, 0) is 13.0 Å². The van der Waals surface area contributed by atoms with Gasteiger partial charge in [-0.25, -0.2) is 0 Å². The van der Waals surface area contributed by atoms with E-state index in [0.717, 1.165) is 5.39 Å². The number of carbonyl (C=O) groups is 1. The van der Waals surface area contributed by atoms with Crippen molar-refractivity contribution in [3.05, 3.63) is 21.9 Å². The molecule has 2 aromatic heterocycles. The molecule has 0 bridgehead atoms. The van der Waals surface area contributed by atoms with E-state index in [1.165, 1.54) is 8.89 Å². The number of fused-ring (bicyclic) bond motifs is 1. The number of thiophene rings is 2. The van der Waals surface area contributed by atoms with E-state index < -0.39 is 0 Å². The highest BCUT2D eigenvalue weighted by Crippen LogP contribution is 2.33. The van der Waals surface area contributed by atoms with Crippen molar-refractivity contribution < 1.29 is 4.79 Å². The third-order valence-corrected chi connectivity index (χ3v) is 3.83. The fourth-order valence-electron chi connectivity index (χ4n) is 1.13. The molecule has 0 aliphatic heterocycles. The fraction of sp³-hybridized carbons (Fsp3) is 0.125. The molecule has 4 heteroatoms. The average molecular weight is 197 g/mol. The zero-order valence-electron chi connectivity index (χ0n) is 6.46. The van der Waals surface area contributed by atoms with E-state index in [1.54, 1.807) is 22.7 Å². The van der Waals surface area contributed by atoms with E-state index in [2.05, 4.69) is 0 Å². The molecule has 0 spiro atoms. The Morgan fingerprint density at radius 1 is 1.58 bits per heavy atom. The van der Waals surface area contributed by atoms with Gasteiger partial charge < -0.3 is 5.73 Å². The van der Waals surface area contributed by atoms with Gasteiger partial charge in [-0.1, -0.05) is 0 Å². The fourth-order valence-corrected chi connectivity index (χ4v) is 3.38. The Labute approximate surface area is 77.6 Å². The molecular weight excluding hydrogens is 190 g/mol. The van der Waals surface area contributed by atoms with Crippen LogP contribution < -0.4 is 5.73 Å². The van der Waals surface area contributed by atoms with Crippen LogP contribution in [0, 0.1) is 6.92 Å². The highest BCUT2D eigenvalue weighted by Gasteiger charge is 2.10. The van der Waals surface area contributed by atoms with Crippen molar-refractivity contribution in [3.8, 4) is 0 Å². The zero-order chi connectivity index (χ0) is 8.72. The second kappa shape index (κ2) is 2.57. The maximum Gasteiger partial charge on any atom is 0.250 e. The molecule has 2 aromatic rings. The van der Waals surface area contributed by atoms with Crippen LogP contribution in [0.25, 0.3) is 9.40 Å². The van der Waals surface area contributed by atoms with E-state index in [4.69, 9.17) is 5.73 Å². The van der Waals surface area contributed by atoms with E-state index in [-0.39, 0.29) is 5.91 Å². The second-order valence-corrected chi connectivity index (χ2v) is 4.97. The Morgan fingerprint density at radius 2 is 2.33 bits per heavy atom. The number of amides is 1. The van der Waals surface area contributed by atoms with Gasteiger partial charge in [0, 0.05) is 15.6 Å². The molecule has 0 fully saturated rings. The minimum Gasteiger partial charge on any atom is -0.366 e. The molecule has 0 radical (unpaired) electrons. The molecule has 2 nitrogen and oxygen atoms in total. The molecule has 1 amide bonds. The van der Waals surface area contributed by atoms with Crippen molar-refractivity contribution in [2.24, 2.45) is 5.73 Å². The monoisotopic (exact) mass is 197 g/mol. The Kier molecular flexibility index (Phi) is 1.66. The molecule has 0 aliphatic carbocycles. The summed E-state index contributed by atoms with van der Waals surface area (Å²) in [6.45, 7) is 2.03. The third-order valence-electron chi connectivity index (χ3n) is 1.66. The molecule has 2 rings (SSSR count). The summed E-state index contributed by atoms with van der Waals surface area (Å²) in [6.07, 6.45) is 0. The van der Waals surface area contributed by atoms with Gasteiger partial charge in [0.1, 0.15) is 0 Å². The van der Waals surface area contributed by atoms with Crippen molar-refractivity contribution in [1.82, 2.24) is 0 Å². The van der Waals surface area contributed by atoms with Crippen molar-refractivity contribution in [1.29, 1.82) is 0 Å².